The molecule has 1 saturated heterocycles. The molecule has 0 bridgehead atoms. The van der Waals surface area contributed by atoms with Gasteiger partial charge >= 0.3 is 0 Å². The molecular weight excluding hydrogens is 423 g/mol. The molecule has 33 heavy (non-hydrogen) atoms. The smallest absolute Gasteiger partial charge is 0.221 e. The molecule has 7 nitrogen and oxygen atoms in total. The molecule has 2 aromatic rings. The van der Waals surface area contributed by atoms with Crippen molar-refractivity contribution in [2.45, 2.75) is 52.5 Å². The number of nitrogens with two attached hydrogens (primary N) is 1. The van der Waals surface area contributed by atoms with Crippen LogP contribution in [0.5, 0.6) is 0 Å². The molecular formula is C25H37FN4O3. The lowest BCUT2D eigenvalue weighted by Gasteiger charge is -2.33. The van der Waals surface area contributed by atoms with Crippen LogP contribution in [0.2, 0.25) is 0 Å². The van der Waals surface area contributed by atoms with E-state index in [2.05, 4.69) is 24.1 Å². The Kier molecular flexibility index (Phi) is 8.97. The minimum Gasteiger partial charge on any atom is -0.385 e. The molecule has 1 aromatic heterocycles. The van der Waals surface area contributed by atoms with E-state index in [1.165, 1.54) is 12.1 Å². The number of primary amides is 1. The molecule has 3 atom stereocenters. The fourth-order valence-electron chi connectivity index (χ4n) is 4.78. The van der Waals surface area contributed by atoms with Gasteiger partial charge in [-0.3, -0.25) is 9.59 Å². The highest BCUT2D eigenvalue weighted by Crippen LogP contribution is 2.32. The number of ketones is 1. The van der Waals surface area contributed by atoms with Crippen LogP contribution in [-0.2, 0) is 16.1 Å². The number of halogens is 1. The number of imidazole rings is 1. The summed E-state index contributed by atoms with van der Waals surface area (Å²) >= 11 is 0. The zero-order chi connectivity index (χ0) is 24.0. The molecule has 0 radical (unpaired) electrons. The Balaban J connectivity index is 1.95. The van der Waals surface area contributed by atoms with Crippen LogP contribution in [0.3, 0.4) is 0 Å². The van der Waals surface area contributed by atoms with E-state index in [1.54, 1.807) is 13.2 Å². The number of ether oxygens (including phenoxy) is 1. The third-order valence-electron chi connectivity index (χ3n) is 6.66. The number of methoxy groups -OCH3 is 1. The summed E-state index contributed by atoms with van der Waals surface area (Å²) in [6.45, 7) is 6.69. The normalized spacial score (nSPS) is 19.8. The largest absolute Gasteiger partial charge is 0.385 e. The van der Waals surface area contributed by atoms with Crippen molar-refractivity contribution in [3.05, 3.63) is 29.8 Å². The molecule has 1 fully saturated rings. The molecule has 3 N–H and O–H groups in total. The number of aryl methyl sites for hydroxylation is 1. The molecule has 182 valence electrons. The average molecular weight is 461 g/mol. The number of unbranched alkanes of at least 4 members (excludes halogenated alkanes) is 1. The van der Waals surface area contributed by atoms with E-state index in [9.17, 15) is 14.0 Å². The number of carbonyl (C=O) groups is 2. The van der Waals surface area contributed by atoms with Crippen molar-refractivity contribution in [1.29, 1.82) is 0 Å². The van der Waals surface area contributed by atoms with Gasteiger partial charge in [0.25, 0.3) is 0 Å². The molecule has 1 aliphatic heterocycles. The van der Waals surface area contributed by atoms with Crippen molar-refractivity contribution in [2.75, 3.05) is 26.8 Å². The monoisotopic (exact) mass is 460 g/mol. The molecule has 3 unspecified atom stereocenters. The van der Waals surface area contributed by atoms with Gasteiger partial charge in [0.2, 0.25) is 11.7 Å². The average Bonchev–Trinajstić information content (AvgIpc) is 3.14. The third-order valence-corrected chi connectivity index (χ3v) is 6.66. The molecule has 0 aliphatic carbocycles. The lowest BCUT2D eigenvalue weighted by atomic mass is 9.76. The van der Waals surface area contributed by atoms with Crippen molar-refractivity contribution in [3.8, 4) is 0 Å². The summed E-state index contributed by atoms with van der Waals surface area (Å²) < 4.78 is 21.1. The van der Waals surface area contributed by atoms with Crippen LogP contribution in [0, 0.1) is 29.5 Å². The lowest BCUT2D eigenvalue weighted by molar-refractivity contribution is -0.122. The number of amides is 1. The number of benzene rings is 1. The van der Waals surface area contributed by atoms with Crippen LogP contribution >= 0.6 is 0 Å². The SMILES string of the molecule is COCCCCn1c(C(=O)C(CCC(C)C)C2CNCC(C(N)=O)C2)nc2ccc(F)cc21. The standard InChI is InChI=1S/C25H37FN4O3/c1-16(2)6-8-20(17-12-18(24(27)32)15-28-14-17)23(31)25-29-21-9-7-19(26)13-22(21)30(25)10-4-5-11-33-3/h7,9,13,16-18,20,28H,4-6,8,10-12,14-15H2,1-3H3,(H2,27,32). The Morgan fingerprint density at radius 3 is 2.76 bits per heavy atom. The van der Waals surface area contributed by atoms with Crippen LogP contribution in [0.25, 0.3) is 11.0 Å². The zero-order valence-electron chi connectivity index (χ0n) is 20.0. The van der Waals surface area contributed by atoms with Crippen molar-refractivity contribution < 1.29 is 18.7 Å². The first-order valence-electron chi connectivity index (χ1n) is 12.0. The maximum absolute atomic E-state index is 14.0. The maximum atomic E-state index is 14.0. The Morgan fingerprint density at radius 2 is 2.06 bits per heavy atom. The highest BCUT2D eigenvalue weighted by Gasteiger charge is 2.36. The summed E-state index contributed by atoms with van der Waals surface area (Å²) in [6, 6.07) is 4.45. The van der Waals surface area contributed by atoms with Gasteiger partial charge in [0.1, 0.15) is 5.82 Å². The molecule has 0 saturated carbocycles. The molecule has 1 aromatic carbocycles. The summed E-state index contributed by atoms with van der Waals surface area (Å²) in [5.41, 5.74) is 6.83. The van der Waals surface area contributed by atoms with Gasteiger partial charge in [-0.1, -0.05) is 20.3 Å². The van der Waals surface area contributed by atoms with E-state index >= 15 is 0 Å². The quantitative estimate of drug-likeness (QED) is 0.373. The third kappa shape index (κ3) is 6.38. The summed E-state index contributed by atoms with van der Waals surface area (Å²) in [7, 11) is 1.66. The van der Waals surface area contributed by atoms with E-state index in [1.807, 2.05) is 4.57 Å². The van der Waals surface area contributed by atoms with Gasteiger partial charge in [0.05, 0.1) is 17.0 Å². The zero-order valence-corrected chi connectivity index (χ0v) is 20.0. The second-order valence-electron chi connectivity index (χ2n) is 9.62. The van der Waals surface area contributed by atoms with Gasteiger partial charge in [-0.25, -0.2) is 9.37 Å². The number of fused-ring (bicyclic) bond motifs is 1. The number of carbonyl (C=O) groups excluding carboxylic acids is 2. The van der Waals surface area contributed by atoms with Crippen molar-refractivity contribution in [3.63, 3.8) is 0 Å². The minimum absolute atomic E-state index is 0.000916. The van der Waals surface area contributed by atoms with Crippen LogP contribution in [0.15, 0.2) is 18.2 Å². The molecule has 1 amide bonds. The number of rotatable bonds is 12. The van der Waals surface area contributed by atoms with E-state index in [0.717, 1.165) is 25.7 Å². The summed E-state index contributed by atoms with van der Waals surface area (Å²) in [5.74, 6) is -0.438. The summed E-state index contributed by atoms with van der Waals surface area (Å²) in [5, 5.41) is 3.29. The second kappa shape index (κ2) is 11.7. The van der Waals surface area contributed by atoms with Crippen LogP contribution in [-0.4, -0.2) is 48.0 Å². The van der Waals surface area contributed by atoms with Crippen molar-refractivity contribution >= 4 is 22.7 Å². The highest BCUT2D eigenvalue weighted by molar-refractivity contribution is 5.98. The number of piperidine rings is 1. The van der Waals surface area contributed by atoms with Gasteiger partial charge in [-0.05, 0) is 62.3 Å². The van der Waals surface area contributed by atoms with Crippen molar-refractivity contribution in [1.82, 2.24) is 14.9 Å². The highest BCUT2D eigenvalue weighted by atomic mass is 19.1. The van der Waals surface area contributed by atoms with Gasteiger partial charge in [-0.15, -0.1) is 0 Å². The van der Waals surface area contributed by atoms with Crippen LogP contribution in [0.1, 0.15) is 56.6 Å². The first-order valence-corrected chi connectivity index (χ1v) is 12.0. The van der Waals surface area contributed by atoms with E-state index in [4.69, 9.17) is 10.5 Å². The maximum Gasteiger partial charge on any atom is 0.221 e. The summed E-state index contributed by atoms with van der Waals surface area (Å²) in [4.78, 5) is 30.4. The van der Waals surface area contributed by atoms with Crippen LogP contribution < -0.4 is 11.1 Å². The Labute approximate surface area is 195 Å². The minimum atomic E-state index is -0.350. The van der Waals surface area contributed by atoms with E-state index in [0.29, 0.717) is 55.4 Å². The predicted octanol–water partition coefficient (Wildman–Crippen LogP) is 3.55. The fraction of sp³-hybridized carbons (Fsp3) is 0.640. The topological polar surface area (TPSA) is 99.2 Å². The van der Waals surface area contributed by atoms with E-state index in [-0.39, 0.29) is 35.3 Å². The van der Waals surface area contributed by atoms with Gasteiger partial charge in [-0.2, -0.15) is 0 Å². The van der Waals surface area contributed by atoms with Gasteiger partial charge in [0, 0.05) is 32.7 Å². The molecule has 1 aliphatic rings. The molecule has 2 heterocycles. The Hall–Kier alpha value is -2.32. The van der Waals surface area contributed by atoms with Gasteiger partial charge in [0.15, 0.2) is 5.82 Å². The first kappa shape index (κ1) is 25.3. The van der Waals surface area contributed by atoms with Crippen molar-refractivity contribution in [2.24, 2.45) is 29.4 Å². The second-order valence-corrected chi connectivity index (χ2v) is 9.62. The Morgan fingerprint density at radius 1 is 1.27 bits per heavy atom. The van der Waals surface area contributed by atoms with E-state index < -0.39 is 0 Å². The predicted molar refractivity (Wildman–Crippen MR) is 126 cm³/mol. The lowest BCUT2D eigenvalue weighted by Crippen LogP contribution is -2.46. The molecule has 3 rings (SSSR count). The number of nitrogens with zero attached hydrogens (tertiary/aromatic N) is 2. The molecule has 8 heteroatoms. The number of hydrogen-bond donors (Lipinski definition) is 2. The molecule has 0 spiro atoms. The number of aromatic nitrogens is 2. The number of Topliss-reactive ketones (excluding diaryl/α,β-unsaturated/α-hetero) is 1. The number of nitrogens with one attached hydrogen (secondary N) is 1. The fourth-order valence-corrected chi connectivity index (χ4v) is 4.78. The van der Waals surface area contributed by atoms with Gasteiger partial charge < -0.3 is 20.4 Å². The Bertz CT molecular complexity index is 959. The first-order chi connectivity index (χ1) is 15.8. The summed E-state index contributed by atoms with van der Waals surface area (Å²) in [6.07, 6.45) is 3.84. The van der Waals surface area contributed by atoms with Crippen LogP contribution in [0.4, 0.5) is 4.39 Å². The number of hydrogen-bond acceptors (Lipinski definition) is 5.